The second-order valence-corrected chi connectivity index (χ2v) is 5.97. The van der Waals surface area contributed by atoms with E-state index in [9.17, 15) is 18.0 Å². The van der Waals surface area contributed by atoms with Gasteiger partial charge >= 0.3 is 12.2 Å². The van der Waals surface area contributed by atoms with E-state index in [0.717, 1.165) is 12.1 Å². The van der Waals surface area contributed by atoms with E-state index < -0.39 is 22.8 Å². The van der Waals surface area contributed by atoms with Crippen molar-refractivity contribution in [3.8, 4) is 0 Å². The van der Waals surface area contributed by atoms with Crippen molar-refractivity contribution in [1.82, 2.24) is 5.32 Å². The van der Waals surface area contributed by atoms with Crippen LogP contribution in [0.5, 0.6) is 0 Å². The lowest BCUT2D eigenvalue weighted by atomic mass is 9.97. The standard InChI is InChI=1S/C13H16ClF3N2O/c1-12(2,3)7-18-11(20)19-8-4-5-10(14)9(6-8)13(15,16)17/h4-6H,7H2,1-3H3,(H2,18,19,20). The van der Waals surface area contributed by atoms with Crippen molar-refractivity contribution in [2.24, 2.45) is 5.41 Å². The summed E-state index contributed by atoms with van der Waals surface area (Å²) in [6, 6.07) is 2.66. The molecule has 3 nitrogen and oxygen atoms in total. The number of hydrogen-bond donors (Lipinski definition) is 2. The Morgan fingerprint density at radius 1 is 1.25 bits per heavy atom. The maximum Gasteiger partial charge on any atom is 0.417 e. The van der Waals surface area contributed by atoms with Crippen LogP contribution in [0.15, 0.2) is 18.2 Å². The van der Waals surface area contributed by atoms with E-state index in [-0.39, 0.29) is 11.1 Å². The summed E-state index contributed by atoms with van der Waals surface area (Å²) in [6.45, 7) is 6.19. The van der Waals surface area contributed by atoms with E-state index in [0.29, 0.717) is 6.54 Å². The van der Waals surface area contributed by atoms with E-state index in [1.54, 1.807) is 0 Å². The Hall–Kier alpha value is -1.43. The second kappa shape index (κ2) is 5.91. The maximum absolute atomic E-state index is 12.7. The average molecular weight is 309 g/mol. The molecule has 112 valence electrons. The van der Waals surface area contributed by atoms with E-state index >= 15 is 0 Å². The maximum atomic E-state index is 12.7. The summed E-state index contributed by atoms with van der Waals surface area (Å²) >= 11 is 5.49. The van der Waals surface area contributed by atoms with Crippen LogP contribution in [0.1, 0.15) is 26.3 Å². The molecule has 0 bridgehead atoms. The number of benzene rings is 1. The molecule has 0 unspecified atom stereocenters. The Morgan fingerprint density at radius 2 is 1.85 bits per heavy atom. The van der Waals surface area contributed by atoms with Gasteiger partial charge < -0.3 is 10.6 Å². The van der Waals surface area contributed by atoms with E-state index in [1.807, 2.05) is 20.8 Å². The molecule has 2 amide bonds. The van der Waals surface area contributed by atoms with Crippen LogP contribution in [0.2, 0.25) is 5.02 Å². The van der Waals surface area contributed by atoms with Gasteiger partial charge in [-0.05, 0) is 23.6 Å². The van der Waals surface area contributed by atoms with Gasteiger partial charge in [-0.3, -0.25) is 0 Å². The molecule has 0 radical (unpaired) electrons. The molecule has 0 fully saturated rings. The van der Waals surface area contributed by atoms with E-state index in [4.69, 9.17) is 11.6 Å². The van der Waals surface area contributed by atoms with Crippen LogP contribution >= 0.6 is 11.6 Å². The van der Waals surface area contributed by atoms with Crippen molar-refractivity contribution in [3.63, 3.8) is 0 Å². The van der Waals surface area contributed by atoms with E-state index in [2.05, 4.69) is 10.6 Å². The number of rotatable bonds is 2. The third-order valence-corrected chi connectivity index (χ3v) is 2.64. The molecule has 2 N–H and O–H groups in total. The fourth-order valence-electron chi connectivity index (χ4n) is 1.34. The Kier molecular flexibility index (Phi) is 4.91. The molecule has 0 aliphatic carbocycles. The van der Waals surface area contributed by atoms with Gasteiger partial charge in [-0.25, -0.2) is 4.79 Å². The largest absolute Gasteiger partial charge is 0.417 e. The lowest BCUT2D eigenvalue weighted by Gasteiger charge is -2.19. The molecule has 0 aliphatic rings. The summed E-state index contributed by atoms with van der Waals surface area (Å²) in [5.41, 5.74) is -1.06. The lowest BCUT2D eigenvalue weighted by Crippen LogP contribution is -2.35. The number of alkyl halides is 3. The van der Waals surface area contributed by atoms with Crippen LogP contribution in [-0.4, -0.2) is 12.6 Å². The van der Waals surface area contributed by atoms with Gasteiger partial charge in [0.2, 0.25) is 0 Å². The van der Waals surface area contributed by atoms with Crippen molar-refractivity contribution in [2.75, 3.05) is 11.9 Å². The average Bonchev–Trinajstić information content (AvgIpc) is 2.27. The monoisotopic (exact) mass is 308 g/mol. The Labute approximate surface area is 120 Å². The van der Waals surface area contributed by atoms with E-state index in [1.165, 1.54) is 6.07 Å². The summed E-state index contributed by atoms with van der Waals surface area (Å²) in [4.78, 5) is 11.6. The molecule has 1 aromatic rings. The number of urea groups is 1. The SMILES string of the molecule is CC(C)(C)CNC(=O)Nc1ccc(Cl)c(C(F)(F)F)c1. The highest BCUT2D eigenvalue weighted by Crippen LogP contribution is 2.36. The predicted octanol–water partition coefficient (Wildman–Crippen LogP) is 4.53. The summed E-state index contributed by atoms with van der Waals surface area (Å²) < 4.78 is 38.0. The Balaban J connectivity index is 2.77. The minimum Gasteiger partial charge on any atom is -0.337 e. The zero-order chi connectivity index (χ0) is 15.6. The zero-order valence-electron chi connectivity index (χ0n) is 11.4. The van der Waals surface area contributed by atoms with Gasteiger partial charge in [0.05, 0.1) is 10.6 Å². The predicted molar refractivity (Wildman–Crippen MR) is 72.9 cm³/mol. The van der Waals surface area contributed by atoms with Crippen molar-refractivity contribution in [3.05, 3.63) is 28.8 Å². The smallest absolute Gasteiger partial charge is 0.337 e. The summed E-state index contributed by atoms with van der Waals surface area (Å²) in [6.07, 6.45) is -4.56. The fraction of sp³-hybridized carbons (Fsp3) is 0.462. The molecule has 0 saturated carbocycles. The van der Waals surface area contributed by atoms with Crippen LogP contribution in [0.25, 0.3) is 0 Å². The molecule has 0 heterocycles. The zero-order valence-corrected chi connectivity index (χ0v) is 12.1. The third-order valence-electron chi connectivity index (χ3n) is 2.31. The molecule has 0 aromatic heterocycles. The van der Waals surface area contributed by atoms with Crippen molar-refractivity contribution in [2.45, 2.75) is 26.9 Å². The normalized spacial score (nSPS) is 12.2. The highest BCUT2D eigenvalue weighted by molar-refractivity contribution is 6.31. The molecule has 1 aromatic carbocycles. The van der Waals surface area contributed by atoms with Gasteiger partial charge in [0.25, 0.3) is 0 Å². The topological polar surface area (TPSA) is 41.1 Å². The van der Waals surface area contributed by atoms with Crippen LogP contribution in [-0.2, 0) is 6.18 Å². The number of hydrogen-bond acceptors (Lipinski definition) is 1. The summed E-state index contributed by atoms with van der Waals surface area (Å²) in [7, 11) is 0. The van der Waals surface area contributed by atoms with Crippen LogP contribution in [0.3, 0.4) is 0 Å². The minimum atomic E-state index is -4.56. The number of carbonyl (C=O) groups is 1. The van der Waals surface area contributed by atoms with Gasteiger partial charge in [0.15, 0.2) is 0 Å². The van der Waals surface area contributed by atoms with Gasteiger partial charge in [-0.1, -0.05) is 32.4 Å². The molecule has 0 spiro atoms. The molecule has 20 heavy (non-hydrogen) atoms. The molecular weight excluding hydrogens is 293 g/mol. The minimum absolute atomic E-state index is 0.0353. The Morgan fingerprint density at radius 3 is 2.35 bits per heavy atom. The van der Waals surface area contributed by atoms with Gasteiger partial charge in [0, 0.05) is 12.2 Å². The quantitative estimate of drug-likeness (QED) is 0.828. The Bertz CT molecular complexity index is 495. The molecule has 0 atom stereocenters. The summed E-state index contributed by atoms with van der Waals surface area (Å²) in [5.74, 6) is 0. The first-order valence-corrected chi connectivity index (χ1v) is 6.28. The first kappa shape index (κ1) is 16.6. The molecule has 7 heteroatoms. The van der Waals surface area contributed by atoms with Gasteiger partial charge in [0.1, 0.15) is 0 Å². The number of carbonyl (C=O) groups excluding carboxylic acids is 1. The molecule has 0 aliphatic heterocycles. The highest BCUT2D eigenvalue weighted by Gasteiger charge is 2.33. The third kappa shape index (κ3) is 5.28. The molecular formula is C13H16ClF3N2O. The number of nitrogens with one attached hydrogen (secondary N) is 2. The van der Waals surface area contributed by atoms with Gasteiger partial charge in [-0.15, -0.1) is 0 Å². The number of anilines is 1. The van der Waals surface area contributed by atoms with Gasteiger partial charge in [-0.2, -0.15) is 13.2 Å². The summed E-state index contributed by atoms with van der Waals surface area (Å²) in [5, 5.41) is 4.52. The van der Waals surface area contributed by atoms with Crippen LogP contribution in [0, 0.1) is 5.41 Å². The molecule has 1 rings (SSSR count). The van der Waals surface area contributed by atoms with Crippen LogP contribution in [0.4, 0.5) is 23.7 Å². The highest BCUT2D eigenvalue weighted by atomic mass is 35.5. The first-order valence-electron chi connectivity index (χ1n) is 5.91. The fourth-order valence-corrected chi connectivity index (χ4v) is 1.57. The number of amides is 2. The van der Waals surface area contributed by atoms with Crippen molar-refractivity contribution in [1.29, 1.82) is 0 Å². The van der Waals surface area contributed by atoms with Crippen molar-refractivity contribution < 1.29 is 18.0 Å². The molecule has 0 saturated heterocycles. The van der Waals surface area contributed by atoms with Crippen molar-refractivity contribution >= 4 is 23.3 Å². The number of halogens is 4. The second-order valence-electron chi connectivity index (χ2n) is 5.56. The lowest BCUT2D eigenvalue weighted by molar-refractivity contribution is -0.137. The first-order chi connectivity index (χ1) is 8.99. The van der Waals surface area contributed by atoms with Crippen LogP contribution < -0.4 is 10.6 Å².